The van der Waals surface area contributed by atoms with Crippen molar-refractivity contribution in [2.75, 3.05) is 13.7 Å². The smallest absolute Gasteiger partial charge is 0.119 e. The van der Waals surface area contributed by atoms with Gasteiger partial charge < -0.3 is 10.1 Å². The lowest BCUT2D eigenvalue weighted by Gasteiger charge is -2.35. The number of methoxy groups -OCH3 is 1. The number of rotatable bonds is 5. The van der Waals surface area contributed by atoms with Gasteiger partial charge in [-0.25, -0.2) is 0 Å². The molecule has 106 valence electrons. The van der Waals surface area contributed by atoms with Gasteiger partial charge in [0.2, 0.25) is 0 Å². The SMILES string of the molecule is COc1cccc(C(C)NCC2(C)CCCCC2)c1. The van der Waals surface area contributed by atoms with E-state index in [1.807, 2.05) is 6.07 Å². The molecule has 0 saturated heterocycles. The van der Waals surface area contributed by atoms with Gasteiger partial charge in [-0.3, -0.25) is 0 Å². The predicted molar refractivity (Wildman–Crippen MR) is 80.6 cm³/mol. The third-order valence-electron chi connectivity index (χ3n) is 4.49. The highest BCUT2D eigenvalue weighted by Gasteiger charge is 2.26. The molecular weight excluding hydrogens is 234 g/mol. The normalized spacial score (nSPS) is 19.9. The van der Waals surface area contributed by atoms with Gasteiger partial charge in [-0.15, -0.1) is 0 Å². The van der Waals surface area contributed by atoms with E-state index in [1.54, 1.807) is 7.11 Å². The van der Waals surface area contributed by atoms with Crippen LogP contribution in [0.25, 0.3) is 0 Å². The average Bonchev–Trinajstić information content (AvgIpc) is 2.46. The fourth-order valence-electron chi connectivity index (χ4n) is 3.01. The van der Waals surface area contributed by atoms with Crippen molar-refractivity contribution in [1.29, 1.82) is 0 Å². The molecule has 2 rings (SSSR count). The van der Waals surface area contributed by atoms with Crippen molar-refractivity contribution >= 4 is 0 Å². The summed E-state index contributed by atoms with van der Waals surface area (Å²) in [6.45, 7) is 5.78. The zero-order valence-corrected chi connectivity index (χ0v) is 12.5. The highest BCUT2D eigenvalue weighted by atomic mass is 16.5. The van der Waals surface area contributed by atoms with Crippen LogP contribution >= 0.6 is 0 Å². The summed E-state index contributed by atoms with van der Waals surface area (Å²) in [6, 6.07) is 8.74. The molecule has 1 unspecified atom stereocenters. The topological polar surface area (TPSA) is 21.3 Å². The van der Waals surface area contributed by atoms with Crippen molar-refractivity contribution in [3.63, 3.8) is 0 Å². The zero-order chi connectivity index (χ0) is 13.7. The van der Waals surface area contributed by atoms with Crippen LogP contribution in [0.3, 0.4) is 0 Å². The summed E-state index contributed by atoms with van der Waals surface area (Å²) in [5.74, 6) is 0.940. The summed E-state index contributed by atoms with van der Waals surface area (Å²) in [6.07, 6.45) is 6.94. The molecule has 1 aliphatic carbocycles. The van der Waals surface area contributed by atoms with Gasteiger partial charge in [-0.05, 0) is 42.9 Å². The van der Waals surface area contributed by atoms with Crippen LogP contribution in [-0.4, -0.2) is 13.7 Å². The number of hydrogen-bond acceptors (Lipinski definition) is 2. The van der Waals surface area contributed by atoms with Crippen LogP contribution in [0.15, 0.2) is 24.3 Å². The summed E-state index contributed by atoms with van der Waals surface area (Å²) >= 11 is 0. The first-order valence-electron chi connectivity index (χ1n) is 7.50. The number of hydrogen-bond donors (Lipinski definition) is 1. The fraction of sp³-hybridized carbons (Fsp3) is 0.647. The van der Waals surface area contributed by atoms with E-state index >= 15 is 0 Å². The van der Waals surface area contributed by atoms with Gasteiger partial charge in [-0.1, -0.05) is 38.3 Å². The Bertz CT molecular complexity index is 396. The molecule has 1 fully saturated rings. The summed E-state index contributed by atoms with van der Waals surface area (Å²) < 4.78 is 5.29. The van der Waals surface area contributed by atoms with Gasteiger partial charge >= 0.3 is 0 Å². The minimum atomic E-state index is 0.383. The van der Waals surface area contributed by atoms with E-state index in [2.05, 4.69) is 37.4 Å². The van der Waals surface area contributed by atoms with Crippen LogP contribution in [0.5, 0.6) is 5.75 Å². The summed E-state index contributed by atoms with van der Waals surface area (Å²) in [7, 11) is 1.72. The predicted octanol–water partition coefficient (Wildman–Crippen LogP) is 4.32. The van der Waals surface area contributed by atoms with Crippen LogP contribution in [0.2, 0.25) is 0 Å². The van der Waals surface area contributed by atoms with Crippen molar-refractivity contribution in [2.24, 2.45) is 5.41 Å². The van der Waals surface area contributed by atoms with Gasteiger partial charge in [0, 0.05) is 12.6 Å². The van der Waals surface area contributed by atoms with Crippen LogP contribution in [-0.2, 0) is 0 Å². The summed E-state index contributed by atoms with van der Waals surface area (Å²) in [5.41, 5.74) is 1.80. The minimum Gasteiger partial charge on any atom is -0.497 e. The molecule has 1 N–H and O–H groups in total. The molecule has 2 heteroatoms. The Hall–Kier alpha value is -1.02. The van der Waals surface area contributed by atoms with Crippen molar-refractivity contribution in [3.05, 3.63) is 29.8 Å². The first kappa shape index (κ1) is 14.4. The maximum Gasteiger partial charge on any atom is 0.119 e. The maximum absolute atomic E-state index is 5.29. The lowest BCUT2D eigenvalue weighted by Crippen LogP contribution is -2.34. The lowest BCUT2D eigenvalue weighted by molar-refractivity contribution is 0.202. The van der Waals surface area contributed by atoms with Crippen LogP contribution in [0, 0.1) is 5.41 Å². The zero-order valence-electron chi connectivity index (χ0n) is 12.5. The Morgan fingerprint density at radius 2 is 2.00 bits per heavy atom. The largest absolute Gasteiger partial charge is 0.497 e. The van der Waals surface area contributed by atoms with E-state index in [1.165, 1.54) is 37.7 Å². The number of ether oxygens (including phenoxy) is 1. The average molecular weight is 261 g/mol. The van der Waals surface area contributed by atoms with Gasteiger partial charge in [-0.2, -0.15) is 0 Å². The van der Waals surface area contributed by atoms with Gasteiger partial charge in [0.15, 0.2) is 0 Å². The van der Waals surface area contributed by atoms with Gasteiger partial charge in [0.25, 0.3) is 0 Å². The van der Waals surface area contributed by atoms with E-state index < -0.39 is 0 Å². The fourth-order valence-corrected chi connectivity index (χ4v) is 3.01. The molecule has 1 atom stereocenters. The van der Waals surface area contributed by atoms with Crippen molar-refractivity contribution in [2.45, 2.75) is 52.0 Å². The number of nitrogens with one attached hydrogen (secondary N) is 1. The maximum atomic E-state index is 5.29. The van der Waals surface area contributed by atoms with E-state index in [4.69, 9.17) is 4.74 Å². The first-order chi connectivity index (χ1) is 9.13. The number of benzene rings is 1. The molecule has 0 aliphatic heterocycles. The standard InChI is InChI=1S/C17H27NO/c1-14(15-8-7-9-16(12-15)19-3)18-13-17(2)10-5-4-6-11-17/h7-9,12,14,18H,4-6,10-11,13H2,1-3H3. The molecule has 0 radical (unpaired) electrons. The third-order valence-corrected chi connectivity index (χ3v) is 4.49. The Labute approximate surface area is 117 Å². The minimum absolute atomic E-state index is 0.383. The Morgan fingerprint density at radius 3 is 2.68 bits per heavy atom. The van der Waals surface area contributed by atoms with Crippen LogP contribution < -0.4 is 10.1 Å². The van der Waals surface area contributed by atoms with E-state index in [9.17, 15) is 0 Å². The molecule has 19 heavy (non-hydrogen) atoms. The highest BCUT2D eigenvalue weighted by Crippen LogP contribution is 2.35. The highest BCUT2D eigenvalue weighted by molar-refractivity contribution is 5.30. The molecule has 2 nitrogen and oxygen atoms in total. The molecule has 1 aromatic carbocycles. The molecular formula is C17H27NO. The summed E-state index contributed by atoms with van der Waals surface area (Å²) in [4.78, 5) is 0. The van der Waals surface area contributed by atoms with Gasteiger partial charge in [0.1, 0.15) is 5.75 Å². The van der Waals surface area contributed by atoms with Crippen molar-refractivity contribution < 1.29 is 4.74 Å². The van der Waals surface area contributed by atoms with E-state index in [-0.39, 0.29) is 0 Å². The monoisotopic (exact) mass is 261 g/mol. The van der Waals surface area contributed by atoms with E-state index in [0.29, 0.717) is 11.5 Å². The Kier molecular flexibility index (Phi) is 4.87. The molecule has 0 spiro atoms. The first-order valence-corrected chi connectivity index (χ1v) is 7.50. The molecule has 0 heterocycles. The molecule has 0 aromatic heterocycles. The molecule has 1 aromatic rings. The second kappa shape index (κ2) is 6.42. The van der Waals surface area contributed by atoms with Crippen LogP contribution in [0.1, 0.15) is 57.6 Å². The molecule has 1 saturated carbocycles. The molecule has 0 bridgehead atoms. The second-order valence-electron chi connectivity index (χ2n) is 6.25. The third kappa shape index (κ3) is 3.97. The quantitative estimate of drug-likeness (QED) is 0.852. The van der Waals surface area contributed by atoms with Gasteiger partial charge in [0.05, 0.1) is 7.11 Å². The van der Waals surface area contributed by atoms with Crippen LogP contribution in [0.4, 0.5) is 0 Å². The van der Waals surface area contributed by atoms with Crippen molar-refractivity contribution in [3.8, 4) is 5.75 Å². The molecule has 1 aliphatic rings. The lowest BCUT2D eigenvalue weighted by atomic mass is 9.75. The summed E-state index contributed by atoms with van der Waals surface area (Å²) in [5, 5.41) is 3.70. The second-order valence-corrected chi connectivity index (χ2v) is 6.25. The molecule has 0 amide bonds. The Balaban J connectivity index is 1.91. The van der Waals surface area contributed by atoms with Crippen molar-refractivity contribution in [1.82, 2.24) is 5.32 Å². The Morgan fingerprint density at radius 1 is 1.26 bits per heavy atom. The van der Waals surface area contributed by atoms with E-state index in [0.717, 1.165) is 12.3 Å².